The van der Waals surface area contributed by atoms with Gasteiger partial charge in [0.15, 0.2) is 0 Å². The highest BCUT2D eigenvalue weighted by Crippen LogP contribution is 2.37. The van der Waals surface area contributed by atoms with Crippen molar-refractivity contribution in [2.75, 3.05) is 6.61 Å². The van der Waals surface area contributed by atoms with Crippen LogP contribution in [-0.4, -0.2) is 28.7 Å². The lowest BCUT2D eigenvalue weighted by molar-refractivity contribution is -0.148. The number of halogens is 1. The predicted molar refractivity (Wildman–Crippen MR) is 83.5 cm³/mol. The fourth-order valence-electron chi connectivity index (χ4n) is 3.15. The minimum absolute atomic E-state index is 0.0347. The first-order valence-electron chi connectivity index (χ1n) is 7.56. The Hall–Kier alpha value is 0.160. The molecule has 2 rings (SSSR count). The van der Waals surface area contributed by atoms with Crippen molar-refractivity contribution >= 4 is 28.6 Å². The van der Waals surface area contributed by atoms with Gasteiger partial charge in [0.1, 0.15) is 0 Å². The number of carbonyl (C=O) groups excluding carboxylic acids is 1. The summed E-state index contributed by atoms with van der Waals surface area (Å²) in [4.78, 5) is 11.8. The number of alkyl halides is 1. The number of hydrogen-bond acceptors (Lipinski definition) is 3. The van der Waals surface area contributed by atoms with Gasteiger partial charge >= 0.3 is 5.97 Å². The number of carbonyl (C=O) groups is 1. The molecule has 0 saturated heterocycles. The molecule has 0 aliphatic heterocycles. The van der Waals surface area contributed by atoms with Crippen LogP contribution in [0.15, 0.2) is 0 Å². The standard InChI is InChI=1S/C15H25IO3/c1-3-18-15(17)11-8-13(16)14(9-11)19-12-6-4-10(2)5-7-12/h10-14H,3-9H2,1-2H3. The van der Waals surface area contributed by atoms with Crippen LogP contribution in [0, 0.1) is 11.8 Å². The summed E-state index contributed by atoms with van der Waals surface area (Å²) in [6.07, 6.45) is 7.35. The number of rotatable bonds is 4. The molecule has 0 bridgehead atoms. The van der Waals surface area contributed by atoms with Gasteiger partial charge in [-0.05, 0) is 51.4 Å². The topological polar surface area (TPSA) is 35.5 Å². The van der Waals surface area contributed by atoms with Gasteiger partial charge in [0.2, 0.25) is 0 Å². The van der Waals surface area contributed by atoms with Gasteiger partial charge in [-0.25, -0.2) is 0 Å². The van der Waals surface area contributed by atoms with Crippen LogP contribution in [0.5, 0.6) is 0 Å². The Balaban J connectivity index is 1.79. The molecule has 3 atom stereocenters. The fourth-order valence-corrected chi connectivity index (χ4v) is 4.23. The molecular formula is C15H25IO3. The van der Waals surface area contributed by atoms with Crippen LogP contribution in [0.4, 0.5) is 0 Å². The van der Waals surface area contributed by atoms with E-state index in [2.05, 4.69) is 29.5 Å². The van der Waals surface area contributed by atoms with Gasteiger partial charge in [-0.15, -0.1) is 0 Å². The third kappa shape index (κ3) is 4.31. The van der Waals surface area contributed by atoms with Crippen LogP contribution in [0.2, 0.25) is 0 Å². The second kappa shape index (κ2) is 7.25. The van der Waals surface area contributed by atoms with E-state index >= 15 is 0 Å². The number of hydrogen-bond donors (Lipinski definition) is 0. The van der Waals surface area contributed by atoms with Gasteiger partial charge in [0, 0.05) is 3.92 Å². The Morgan fingerprint density at radius 2 is 1.89 bits per heavy atom. The van der Waals surface area contributed by atoms with Gasteiger partial charge < -0.3 is 9.47 Å². The van der Waals surface area contributed by atoms with E-state index in [-0.39, 0.29) is 18.0 Å². The van der Waals surface area contributed by atoms with E-state index in [0.717, 1.165) is 18.8 Å². The van der Waals surface area contributed by atoms with Crippen molar-refractivity contribution in [3.05, 3.63) is 0 Å². The molecule has 0 amide bonds. The van der Waals surface area contributed by atoms with E-state index in [9.17, 15) is 4.79 Å². The third-order valence-corrected chi connectivity index (χ3v) is 5.69. The van der Waals surface area contributed by atoms with E-state index < -0.39 is 0 Å². The normalized spacial score (nSPS) is 39.2. The number of ether oxygens (including phenoxy) is 2. The summed E-state index contributed by atoms with van der Waals surface area (Å²) in [7, 11) is 0. The zero-order valence-corrected chi connectivity index (χ0v) is 14.1. The van der Waals surface area contributed by atoms with Crippen LogP contribution in [-0.2, 0) is 14.3 Å². The molecule has 0 aromatic carbocycles. The van der Waals surface area contributed by atoms with E-state index in [4.69, 9.17) is 9.47 Å². The molecule has 2 aliphatic carbocycles. The highest BCUT2D eigenvalue weighted by Gasteiger charge is 2.39. The van der Waals surface area contributed by atoms with Crippen LogP contribution < -0.4 is 0 Å². The Kier molecular flexibility index (Phi) is 5.93. The maximum atomic E-state index is 11.8. The Morgan fingerprint density at radius 1 is 1.21 bits per heavy atom. The van der Waals surface area contributed by atoms with Crippen molar-refractivity contribution in [1.29, 1.82) is 0 Å². The Labute approximate surface area is 129 Å². The zero-order valence-electron chi connectivity index (χ0n) is 11.9. The highest BCUT2D eigenvalue weighted by molar-refractivity contribution is 14.1. The van der Waals surface area contributed by atoms with Crippen molar-refractivity contribution in [3.63, 3.8) is 0 Å². The fraction of sp³-hybridized carbons (Fsp3) is 0.933. The summed E-state index contributed by atoms with van der Waals surface area (Å²) in [6, 6.07) is 0. The smallest absolute Gasteiger partial charge is 0.309 e. The van der Waals surface area contributed by atoms with Crippen LogP contribution in [0.25, 0.3) is 0 Å². The van der Waals surface area contributed by atoms with Crippen molar-refractivity contribution in [2.24, 2.45) is 11.8 Å². The van der Waals surface area contributed by atoms with E-state index in [1.165, 1.54) is 25.7 Å². The lowest BCUT2D eigenvalue weighted by Crippen LogP contribution is -2.28. The molecule has 4 heteroatoms. The maximum Gasteiger partial charge on any atom is 0.309 e. The van der Waals surface area contributed by atoms with Crippen molar-refractivity contribution in [1.82, 2.24) is 0 Å². The second-order valence-corrected chi connectivity index (χ2v) is 7.59. The first-order valence-corrected chi connectivity index (χ1v) is 8.80. The van der Waals surface area contributed by atoms with E-state index in [1.54, 1.807) is 0 Å². The summed E-state index contributed by atoms with van der Waals surface area (Å²) in [6.45, 7) is 4.67. The average Bonchev–Trinajstić information content (AvgIpc) is 2.74. The lowest BCUT2D eigenvalue weighted by Gasteiger charge is -2.29. The van der Waals surface area contributed by atoms with Gasteiger partial charge in [0.25, 0.3) is 0 Å². The first kappa shape index (κ1) is 15.5. The number of esters is 1. The monoisotopic (exact) mass is 380 g/mol. The average molecular weight is 380 g/mol. The Bertz CT molecular complexity index is 300. The summed E-state index contributed by atoms with van der Waals surface area (Å²) in [5, 5.41) is 0. The third-order valence-electron chi connectivity index (χ3n) is 4.38. The molecule has 3 unspecified atom stereocenters. The van der Waals surface area contributed by atoms with Crippen LogP contribution in [0.3, 0.4) is 0 Å². The zero-order chi connectivity index (χ0) is 13.8. The molecule has 2 fully saturated rings. The molecular weight excluding hydrogens is 355 g/mol. The van der Waals surface area contributed by atoms with Crippen LogP contribution in [0.1, 0.15) is 52.4 Å². The summed E-state index contributed by atoms with van der Waals surface area (Å²) < 4.78 is 11.8. The molecule has 0 aromatic heterocycles. The summed E-state index contributed by atoms with van der Waals surface area (Å²) in [5.41, 5.74) is 0. The van der Waals surface area contributed by atoms with Gasteiger partial charge in [0.05, 0.1) is 24.7 Å². The first-order chi connectivity index (χ1) is 9.10. The van der Waals surface area contributed by atoms with Crippen molar-refractivity contribution in [2.45, 2.75) is 68.5 Å². The molecule has 3 nitrogen and oxygen atoms in total. The summed E-state index contributed by atoms with van der Waals surface area (Å²) >= 11 is 2.44. The molecule has 19 heavy (non-hydrogen) atoms. The molecule has 0 N–H and O–H groups in total. The minimum Gasteiger partial charge on any atom is -0.466 e. The highest BCUT2D eigenvalue weighted by atomic mass is 127. The Morgan fingerprint density at radius 3 is 2.53 bits per heavy atom. The van der Waals surface area contributed by atoms with Gasteiger partial charge in [-0.3, -0.25) is 4.79 Å². The molecule has 0 radical (unpaired) electrons. The molecule has 0 aromatic rings. The molecule has 2 aliphatic rings. The van der Waals surface area contributed by atoms with Gasteiger partial charge in [-0.2, -0.15) is 0 Å². The maximum absolute atomic E-state index is 11.8. The van der Waals surface area contributed by atoms with Gasteiger partial charge in [-0.1, -0.05) is 29.5 Å². The SMILES string of the molecule is CCOC(=O)C1CC(I)C(OC2CCC(C)CC2)C1. The molecule has 110 valence electrons. The van der Waals surface area contributed by atoms with Crippen molar-refractivity contribution in [3.8, 4) is 0 Å². The van der Waals surface area contributed by atoms with E-state index in [0.29, 0.717) is 16.6 Å². The molecule has 0 spiro atoms. The quantitative estimate of drug-likeness (QED) is 0.424. The lowest BCUT2D eigenvalue weighted by atomic mass is 9.89. The minimum atomic E-state index is -0.0347. The van der Waals surface area contributed by atoms with Crippen LogP contribution >= 0.6 is 22.6 Å². The molecule has 0 heterocycles. The summed E-state index contributed by atoms with van der Waals surface area (Å²) in [5.74, 6) is 0.869. The largest absolute Gasteiger partial charge is 0.466 e. The molecule has 2 saturated carbocycles. The predicted octanol–water partition coefficient (Wildman–Crippen LogP) is 3.73. The van der Waals surface area contributed by atoms with E-state index in [1.807, 2.05) is 6.92 Å². The second-order valence-electron chi connectivity index (χ2n) is 5.99. The van der Waals surface area contributed by atoms with Crippen molar-refractivity contribution < 1.29 is 14.3 Å².